The highest BCUT2D eigenvalue weighted by molar-refractivity contribution is 6.03. The number of hydrogen-bond donors (Lipinski definition) is 2. The zero-order chi connectivity index (χ0) is 24.1. The molecule has 1 atom stereocenters. The number of amides is 3. The number of primary amides is 1. The predicted octanol–water partition coefficient (Wildman–Crippen LogP) is 1.03. The van der Waals surface area contributed by atoms with Crippen LogP contribution in [0, 0.1) is 0 Å². The Labute approximate surface area is 190 Å². The maximum atomic E-state index is 13.2. The van der Waals surface area contributed by atoms with Crippen molar-refractivity contribution >= 4 is 34.8 Å². The van der Waals surface area contributed by atoms with E-state index in [0.29, 0.717) is 10.9 Å². The van der Waals surface area contributed by atoms with Gasteiger partial charge in [-0.25, -0.2) is 4.79 Å². The van der Waals surface area contributed by atoms with Gasteiger partial charge in [-0.15, -0.1) is 0 Å². The first-order valence-corrected chi connectivity index (χ1v) is 10.4. The van der Waals surface area contributed by atoms with Gasteiger partial charge in [0.05, 0.1) is 43.8 Å². The number of ether oxygens (including phenoxy) is 2. The summed E-state index contributed by atoms with van der Waals surface area (Å²) in [5.41, 5.74) is 6.26. The van der Waals surface area contributed by atoms with Crippen LogP contribution >= 0.6 is 0 Å². The minimum absolute atomic E-state index is 0.00416. The van der Waals surface area contributed by atoms with E-state index >= 15 is 0 Å². The third-order valence-corrected chi connectivity index (χ3v) is 5.43. The van der Waals surface area contributed by atoms with Gasteiger partial charge in [-0.3, -0.25) is 19.4 Å². The Morgan fingerprint density at radius 2 is 1.94 bits per heavy atom. The van der Waals surface area contributed by atoms with Gasteiger partial charge in [-0.1, -0.05) is 12.1 Å². The smallest absolute Gasteiger partial charge is 0.409 e. The largest absolute Gasteiger partial charge is 0.495 e. The second kappa shape index (κ2) is 10.2. The molecule has 0 bridgehead atoms. The van der Waals surface area contributed by atoms with E-state index in [1.165, 1.54) is 16.9 Å². The van der Waals surface area contributed by atoms with Gasteiger partial charge in [0.15, 0.2) is 0 Å². The number of piperazine rings is 1. The first kappa shape index (κ1) is 23.8. The highest BCUT2D eigenvalue weighted by Crippen LogP contribution is 2.31. The maximum Gasteiger partial charge on any atom is 0.409 e. The summed E-state index contributed by atoms with van der Waals surface area (Å²) in [6.07, 6.45) is -1.19. The van der Waals surface area contributed by atoms with Crippen molar-refractivity contribution in [3.63, 3.8) is 0 Å². The number of nitrogens with zero attached hydrogens (tertiary/aromatic N) is 3. The number of nitrogens with two attached hydrogens (primary N) is 1. The van der Waals surface area contributed by atoms with Gasteiger partial charge in [0.1, 0.15) is 11.3 Å². The Bertz CT molecular complexity index is 1090. The molecule has 1 unspecified atom stereocenters. The Balaban J connectivity index is 1.92. The predicted molar refractivity (Wildman–Crippen MR) is 117 cm³/mol. The van der Waals surface area contributed by atoms with Crippen LogP contribution in [0.25, 0.3) is 10.9 Å². The summed E-state index contributed by atoms with van der Waals surface area (Å²) < 4.78 is 10.4. The zero-order valence-corrected chi connectivity index (χ0v) is 18.4. The van der Waals surface area contributed by atoms with Gasteiger partial charge in [0.2, 0.25) is 5.91 Å². The number of pyridine rings is 1. The molecular formula is C22H26N4O7. The van der Waals surface area contributed by atoms with Crippen LogP contribution in [0.15, 0.2) is 24.3 Å². The van der Waals surface area contributed by atoms with Crippen LogP contribution in [-0.2, 0) is 20.7 Å². The number of carbonyl (C=O) groups is 4. The Hall–Kier alpha value is -3.89. The van der Waals surface area contributed by atoms with Crippen LogP contribution in [0.4, 0.5) is 4.79 Å². The standard InChI is InChI=1S/C22H26N4O7/c1-3-33-22(31)25-8-9-26(13(12-25)10-18(28)29)17(27)11-16-19(21(23)30)20(32-2)14-6-4-5-7-15(14)24-16/h4-7,13H,3,8-12H2,1-2H3,(H2,23,30)(H,28,29). The average molecular weight is 458 g/mol. The third-order valence-electron chi connectivity index (χ3n) is 5.43. The fourth-order valence-electron chi connectivity index (χ4n) is 4.01. The highest BCUT2D eigenvalue weighted by Gasteiger charge is 2.35. The van der Waals surface area contributed by atoms with Crippen molar-refractivity contribution in [3.05, 3.63) is 35.5 Å². The van der Waals surface area contributed by atoms with Crippen molar-refractivity contribution in [2.24, 2.45) is 5.73 Å². The lowest BCUT2D eigenvalue weighted by molar-refractivity contribution is -0.142. The van der Waals surface area contributed by atoms with Gasteiger partial charge < -0.3 is 30.1 Å². The highest BCUT2D eigenvalue weighted by atomic mass is 16.6. The lowest BCUT2D eigenvalue weighted by Crippen LogP contribution is -2.57. The van der Waals surface area contributed by atoms with E-state index in [9.17, 15) is 24.3 Å². The maximum absolute atomic E-state index is 13.2. The molecule has 1 aliphatic heterocycles. The summed E-state index contributed by atoms with van der Waals surface area (Å²) >= 11 is 0. The summed E-state index contributed by atoms with van der Waals surface area (Å²) in [7, 11) is 1.40. The molecule has 1 fully saturated rings. The van der Waals surface area contributed by atoms with E-state index < -0.39 is 29.9 Å². The van der Waals surface area contributed by atoms with Crippen molar-refractivity contribution < 1.29 is 33.8 Å². The number of carbonyl (C=O) groups excluding carboxylic acids is 3. The van der Waals surface area contributed by atoms with Gasteiger partial charge in [0.25, 0.3) is 5.91 Å². The monoisotopic (exact) mass is 458 g/mol. The molecule has 11 nitrogen and oxygen atoms in total. The SMILES string of the molecule is CCOC(=O)N1CCN(C(=O)Cc2nc3ccccc3c(OC)c2C(N)=O)C(CC(=O)O)C1. The quantitative estimate of drug-likeness (QED) is 0.624. The first-order chi connectivity index (χ1) is 15.8. The molecule has 0 spiro atoms. The molecule has 33 heavy (non-hydrogen) atoms. The van der Waals surface area contributed by atoms with Crippen molar-refractivity contribution in [2.75, 3.05) is 33.4 Å². The normalized spacial score (nSPS) is 15.9. The van der Waals surface area contributed by atoms with E-state index in [-0.39, 0.29) is 56.1 Å². The number of carboxylic acids is 1. The Morgan fingerprint density at radius 1 is 1.21 bits per heavy atom. The van der Waals surface area contributed by atoms with E-state index in [1.807, 2.05) is 0 Å². The molecule has 1 aromatic heterocycles. The summed E-state index contributed by atoms with van der Waals surface area (Å²) in [6.45, 7) is 2.19. The molecule has 2 heterocycles. The minimum Gasteiger partial charge on any atom is -0.495 e. The lowest BCUT2D eigenvalue weighted by atomic mass is 10.0. The number of rotatable bonds is 7. The van der Waals surface area contributed by atoms with Crippen LogP contribution in [0.2, 0.25) is 0 Å². The molecule has 1 saturated heterocycles. The van der Waals surface area contributed by atoms with Crippen LogP contribution in [0.3, 0.4) is 0 Å². The number of benzene rings is 1. The molecular weight excluding hydrogens is 432 g/mol. The number of methoxy groups -OCH3 is 1. The molecule has 3 amide bonds. The van der Waals surface area contributed by atoms with Crippen molar-refractivity contribution in [1.82, 2.24) is 14.8 Å². The van der Waals surface area contributed by atoms with Crippen LogP contribution in [-0.4, -0.2) is 83.2 Å². The van der Waals surface area contributed by atoms with E-state index in [2.05, 4.69) is 4.98 Å². The topological polar surface area (TPSA) is 152 Å². The molecule has 0 radical (unpaired) electrons. The summed E-state index contributed by atoms with van der Waals surface area (Å²) in [5.74, 6) is -2.10. The molecule has 176 valence electrons. The molecule has 11 heteroatoms. The Morgan fingerprint density at radius 3 is 2.58 bits per heavy atom. The summed E-state index contributed by atoms with van der Waals surface area (Å²) in [4.78, 5) is 56.2. The second-order valence-electron chi connectivity index (χ2n) is 7.51. The first-order valence-electron chi connectivity index (χ1n) is 10.4. The van der Waals surface area contributed by atoms with Crippen molar-refractivity contribution in [2.45, 2.75) is 25.8 Å². The molecule has 0 saturated carbocycles. The van der Waals surface area contributed by atoms with E-state index in [1.54, 1.807) is 31.2 Å². The number of carboxylic acid groups (broad SMARTS) is 1. The summed E-state index contributed by atoms with van der Waals surface area (Å²) in [5, 5.41) is 9.90. The lowest BCUT2D eigenvalue weighted by Gasteiger charge is -2.40. The van der Waals surface area contributed by atoms with Gasteiger partial charge >= 0.3 is 12.1 Å². The number of aliphatic carboxylic acids is 1. The fourth-order valence-corrected chi connectivity index (χ4v) is 4.01. The van der Waals surface area contributed by atoms with Gasteiger partial charge in [-0.05, 0) is 19.1 Å². The third kappa shape index (κ3) is 5.13. The number of para-hydroxylation sites is 1. The van der Waals surface area contributed by atoms with Gasteiger partial charge in [0, 0.05) is 25.0 Å². The van der Waals surface area contributed by atoms with Crippen LogP contribution in [0.1, 0.15) is 29.4 Å². The Kier molecular flexibility index (Phi) is 7.31. The minimum atomic E-state index is -1.10. The average Bonchev–Trinajstić information content (AvgIpc) is 2.77. The van der Waals surface area contributed by atoms with Crippen molar-refractivity contribution in [3.8, 4) is 5.75 Å². The number of fused-ring (bicyclic) bond motifs is 1. The molecule has 2 aromatic rings. The molecule has 1 aromatic carbocycles. The molecule has 3 N–H and O–H groups in total. The zero-order valence-electron chi connectivity index (χ0n) is 18.4. The molecule has 1 aliphatic rings. The fraction of sp³-hybridized carbons (Fsp3) is 0.409. The van der Waals surface area contributed by atoms with Crippen LogP contribution in [0.5, 0.6) is 5.75 Å². The van der Waals surface area contributed by atoms with E-state index in [0.717, 1.165) is 0 Å². The summed E-state index contributed by atoms with van der Waals surface area (Å²) in [6, 6.07) is 6.23. The number of aromatic nitrogens is 1. The van der Waals surface area contributed by atoms with Gasteiger partial charge in [-0.2, -0.15) is 0 Å². The molecule has 0 aliphatic carbocycles. The second-order valence-corrected chi connectivity index (χ2v) is 7.51. The van der Waals surface area contributed by atoms with E-state index in [4.69, 9.17) is 15.2 Å². The van der Waals surface area contributed by atoms with Crippen molar-refractivity contribution in [1.29, 1.82) is 0 Å². The molecule has 3 rings (SSSR count). The van der Waals surface area contributed by atoms with Crippen LogP contribution < -0.4 is 10.5 Å². The number of hydrogen-bond acceptors (Lipinski definition) is 7.